The van der Waals surface area contributed by atoms with Crippen molar-refractivity contribution in [2.45, 2.75) is 18.1 Å². The third-order valence-corrected chi connectivity index (χ3v) is 2.47. The lowest BCUT2D eigenvalue weighted by Gasteiger charge is -2.02. The van der Waals surface area contributed by atoms with E-state index in [0.29, 0.717) is 0 Å². The van der Waals surface area contributed by atoms with Gasteiger partial charge in [0.15, 0.2) is 5.16 Å². The molecule has 1 aromatic heterocycles. The summed E-state index contributed by atoms with van der Waals surface area (Å²) in [6.07, 6.45) is 1.68. The van der Waals surface area contributed by atoms with Crippen LogP contribution in [0.4, 0.5) is 0 Å². The van der Waals surface area contributed by atoms with Crippen molar-refractivity contribution >= 4 is 11.8 Å². The van der Waals surface area contributed by atoms with Gasteiger partial charge < -0.3 is 10.3 Å². The summed E-state index contributed by atoms with van der Waals surface area (Å²) in [6.45, 7) is 1.98. The van der Waals surface area contributed by atoms with Gasteiger partial charge in [0.05, 0.1) is 0 Å². The summed E-state index contributed by atoms with van der Waals surface area (Å²) >= 11 is 1.63. The van der Waals surface area contributed by atoms with Gasteiger partial charge >= 0.3 is 0 Å². The van der Waals surface area contributed by atoms with E-state index in [1.807, 2.05) is 18.5 Å². The molecule has 2 N–H and O–H groups in total. The lowest BCUT2D eigenvalue weighted by Crippen LogP contribution is -2.17. The van der Waals surface area contributed by atoms with Gasteiger partial charge in [-0.15, -0.1) is 10.2 Å². The highest BCUT2D eigenvalue weighted by Crippen LogP contribution is 2.13. The average Bonchev–Trinajstić information content (AvgIpc) is 2.31. The first-order valence-electron chi connectivity index (χ1n) is 3.42. The van der Waals surface area contributed by atoms with Gasteiger partial charge in [0, 0.05) is 18.8 Å². The molecule has 0 aliphatic rings. The molecule has 0 radical (unpaired) electrons. The summed E-state index contributed by atoms with van der Waals surface area (Å²) in [5, 5.41) is 8.58. The number of hydrogen-bond donors (Lipinski definition) is 1. The molecule has 0 saturated heterocycles. The van der Waals surface area contributed by atoms with E-state index < -0.39 is 0 Å². The van der Waals surface area contributed by atoms with Crippen molar-refractivity contribution < 1.29 is 0 Å². The van der Waals surface area contributed by atoms with Crippen molar-refractivity contribution in [3.63, 3.8) is 0 Å². The van der Waals surface area contributed by atoms with Crippen molar-refractivity contribution in [1.82, 2.24) is 14.8 Å². The van der Waals surface area contributed by atoms with Gasteiger partial charge in [-0.1, -0.05) is 11.8 Å². The van der Waals surface area contributed by atoms with Crippen LogP contribution >= 0.6 is 11.8 Å². The summed E-state index contributed by atoms with van der Waals surface area (Å²) in [4.78, 5) is 0. The van der Waals surface area contributed by atoms with E-state index in [0.717, 1.165) is 10.9 Å². The number of thioether (sulfide) groups is 1. The van der Waals surface area contributed by atoms with E-state index in [1.54, 1.807) is 18.1 Å². The zero-order chi connectivity index (χ0) is 8.27. The van der Waals surface area contributed by atoms with Gasteiger partial charge in [0.2, 0.25) is 0 Å². The average molecular weight is 172 g/mol. The summed E-state index contributed by atoms with van der Waals surface area (Å²) in [6, 6.07) is 0.205. The highest BCUT2D eigenvalue weighted by Gasteiger charge is 2.01. The van der Waals surface area contributed by atoms with Crippen LogP contribution in [0.2, 0.25) is 0 Å². The molecule has 0 aromatic carbocycles. The van der Waals surface area contributed by atoms with Crippen LogP contribution in [0.15, 0.2) is 11.5 Å². The Kier molecular flexibility index (Phi) is 2.90. The van der Waals surface area contributed by atoms with Gasteiger partial charge in [-0.25, -0.2) is 0 Å². The topological polar surface area (TPSA) is 56.7 Å². The minimum absolute atomic E-state index is 0.205. The molecule has 0 unspecified atom stereocenters. The van der Waals surface area contributed by atoms with Crippen molar-refractivity contribution in [1.29, 1.82) is 0 Å². The number of nitrogens with two attached hydrogens (primary N) is 1. The summed E-state index contributed by atoms with van der Waals surface area (Å²) in [5.74, 6) is 0.881. The smallest absolute Gasteiger partial charge is 0.190 e. The number of nitrogens with zero attached hydrogens (tertiary/aromatic N) is 3. The van der Waals surface area contributed by atoms with E-state index in [9.17, 15) is 0 Å². The minimum Gasteiger partial charge on any atom is -0.327 e. The van der Waals surface area contributed by atoms with E-state index in [4.69, 9.17) is 5.73 Å². The Labute approximate surface area is 70.2 Å². The lowest BCUT2D eigenvalue weighted by molar-refractivity contribution is 0.780. The number of aromatic nitrogens is 3. The van der Waals surface area contributed by atoms with Crippen molar-refractivity contribution in [2.75, 3.05) is 5.75 Å². The van der Waals surface area contributed by atoms with Crippen molar-refractivity contribution in [2.24, 2.45) is 12.8 Å². The van der Waals surface area contributed by atoms with Crippen LogP contribution in [0.1, 0.15) is 6.92 Å². The second-order valence-corrected chi connectivity index (χ2v) is 3.50. The van der Waals surface area contributed by atoms with Gasteiger partial charge in [-0.2, -0.15) is 0 Å². The number of hydrogen-bond acceptors (Lipinski definition) is 4. The first-order chi connectivity index (χ1) is 5.20. The first-order valence-corrected chi connectivity index (χ1v) is 4.41. The van der Waals surface area contributed by atoms with Crippen LogP contribution < -0.4 is 5.73 Å². The van der Waals surface area contributed by atoms with Gasteiger partial charge in [0.25, 0.3) is 0 Å². The van der Waals surface area contributed by atoms with Crippen LogP contribution in [0.25, 0.3) is 0 Å². The highest BCUT2D eigenvalue weighted by molar-refractivity contribution is 7.99. The highest BCUT2D eigenvalue weighted by atomic mass is 32.2. The second-order valence-electron chi connectivity index (χ2n) is 2.51. The Morgan fingerprint density at radius 3 is 3.00 bits per heavy atom. The maximum Gasteiger partial charge on any atom is 0.190 e. The lowest BCUT2D eigenvalue weighted by atomic mass is 10.4. The predicted molar refractivity (Wildman–Crippen MR) is 45.4 cm³/mol. The fourth-order valence-corrected chi connectivity index (χ4v) is 1.38. The molecule has 0 aliphatic heterocycles. The first kappa shape index (κ1) is 8.55. The largest absolute Gasteiger partial charge is 0.327 e. The summed E-state index contributed by atoms with van der Waals surface area (Å²) in [7, 11) is 1.92. The summed E-state index contributed by atoms with van der Waals surface area (Å²) in [5.41, 5.74) is 5.58. The fraction of sp³-hybridized carbons (Fsp3) is 0.667. The Morgan fingerprint density at radius 2 is 2.55 bits per heavy atom. The number of aryl methyl sites for hydroxylation is 1. The standard InChI is InChI=1S/C6H12N4S/c1-5(7)3-11-6-9-8-4-10(6)2/h4-5H,3,7H2,1-2H3/t5-/m1/s1. The molecule has 5 heteroatoms. The molecule has 0 fully saturated rings. The third-order valence-electron chi connectivity index (χ3n) is 1.15. The molecule has 1 heterocycles. The maximum absolute atomic E-state index is 5.58. The van der Waals surface area contributed by atoms with E-state index in [-0.39, 0.29) is 6.04 Å². The minimum atomic E-state index is 0.205. The molecule has 0 saturated carbocycles. The molecule has 4 nitrogen and oxygen atoms in total. The van der Waals surface area contributed by atoms with Gasteiger partial charge in [-0.3, -0.25) is 0 Å². The Bertz CT molecular complexity index is 220. The molecule has 1 atom stereocenters. The molecule has 0 bridgehead atoms. The van der Waals surface area contributed by atoms with Gasteiger partial charge in [0.1, 0.15) is 6.33 Å². The van der Waals surface area contributed by atoms with Crippen LogP contribution in [-0.4, -0.2) is 26.6 Å². The summed E-state index contributed by atoms with van der Waals surface area (Å²) < 4.78 is 1.88. The molecule has 0 spiro atoms. The molecular formula is C6H12N4S. The zero-order valence-corrected chi connectivity index (χ0v) is 7.51. The third kappa shape index (κ3) is 2.51. The molecule has 0 aliphatic carbocycles. The Balaban J connectivity index is 2.44. The SMILES string of the molecule is C[C@@H](N)CSc1nncn1C. The molecule has 62 valence electrons. The second kappa shape index (κ2) is 3.73. The van der Waals surface area contributed by atoms with E-state index >= 15 is 0 Å². The van der Waals surface area contributed by atoms with Crippen LogP contribution in [0, 0.1) is 0 Å². The van der Waals surface area contributed by atoms with Crippen molar-refractivity contribution in [3.8, 4) is 0 Å². The molecule has 1 aromatic rings. The zero-order valence-electron chi connectivity index (χ0n) is 6.69. The van der Waals surface area contributed by atoms with Gasteiger partial charge in [-0.05, 0) is 6.92 Å². The number of rotatable bonds is 3. The molecular weight excluding hydrogens is 160 g/mol. The van der Waals surface area contributed by atoms with Crippen molar-refractivity contribution in [3.05, 3.63) is 6.33 Å². The molecule has 0 amide bonds. The molecule has 11 heavy (non-hydrogen) atoms. The normalized spacial score (nSPS) is 13.4. The van der Waals surface area contributed by atoms with Crippen LogP contribution in [0.3, 0.4) is 0 Å². The van der Waals surface area contributed by atoms with E-state index in [2.05, 4.69) is 10.2 Å². The van der Waals surface area contributed by atoms with E-state index in [1.165, 1.54) is 0 Å². The van der Waals surface area contributed by atoms with Crippen LogP contribution in [0.5, 0.6) is 0 Å². The fourth-order valence-electron chi connectivity index (χ4n) is 0.609. The monoisotopic (exact) mass is 172 g/mol. The Morgan fingerprint density at radius 1 is 1.82 bits per heavy atom. The quantitative estimate of drug-likeness (QED) is 0.664. The maximum atomic E-state index is 5.58. The predicted octanol–water partition coefficient (Wildman–Crippen LogP) is 0.254. The Hall–Kier alpha value is -0.550. The molecule has 1 rings (SSSR count). The van der Waals surface area contributed by atoms with Crippen LogP contribution in [-0.2, 0) is 7.05 Å².